The number of aromatic hydroxyl groups is 1. The van der Waals surface area contributed by atoms with E-state index < -0.39 is 6.04 Å². The van der Waals surface area contributed by atoms with Gasteiger partial charge in [-0.25, -0.2) is 0 Å². The van der Waals surface area contributed by atoms with E-state index in [1.54, 1.807) is 12.1 Å². The van der Waals surface area contributed by atoms with Crippen molar-refractivity contribution in [3.05, 3.63) is 118 Å². The summed E-state index contributed by atoms with van der Waals surface area (Å²) in [5.41, 5.74) is 7.79. The van der Waals surface area contributed by atoms with Crippen LogP contribution in [0, 0.1) is 18.3 Å². The Bertz CT molecular complexity index is 1540. The molecule has 1 aliphatic heterocycles. The number of nitrogens with one attached hydrogen (secondary N) is 1. The predicted octanol–water partition coefficient (Wildman–Crippen LogP) is 5.79. The van der Waals surface area contributed by atoms with Crippen LogP contribution in [-0.2, 0) is 29.0 Å². The zero-order valence-corrected chi connectivity index (χ0v) is 22.0. The maximum atomic E-state index is 12.4. The molecule has 0 aliphatic carbocycles. The number of benzene rings is 4. The van der Waals surface area contributed by atoms with Crippen LogP contribution in [0.4, 0.5) is 0 Å². The maximum absolute atomic E-state index is 12.4. The van der Waals surface area contributed by atoms with Crippen molar-refractivity contribution in [1.82, 2.24) is 5.32 Å². The third kappa shape index (κ3) is 5.64. The second kappa shape index (κ2) is 11.4. The predicted molar refractivity (Wildman–Crippen MR) is 149 cm³/mol. The second-order valence-corrected chi connectivity index (χ2v) is 9.78. The van der Waals surface area contributed by atoms with E-state index in [9.17, 15) is 15.2 Å². The molecule has 0 amide bonds. The average molecular weight is 519 g/mol. The van der Waals surface area contributed by atoms with E-state index in [2.05, 4.69) is 36.5 Å². The first-order valence-electron chi connectivity index (χ1n) is 12.9. The minimum Gasteiger partial charge on any atom is -0.504 e. The summed E-state index contributed by atoms with van der Waals surface area (Å²) in [5, 5.41) is 23.6. The van der Waals surface area contributed by atoms with Crippen LogP contribution in [0.1, 0.15) is 39.4 Å². The number of phenols is 1. The van der Waals surface area contributed by atoms with Crippen molar-refractivity contribution in [3.8, 4) is 28.7 Å². The van der Waals surface area contributed by atoms with E-state index in [4.69, 9.17) is 9.47 Å². The van der Waals surface area contributed by atoms with E-state index in [0.717, 1.165) is 38.9 Å². The summed E-state index contributed by atoms with van der Waals surface area (Å²) < 4.78 is 11.2. The summed E-state index contributed by atoms with van der Waals surface area (Å²) in [6, 6.07) is 28.7. The van der Waals surface area contributed by atoms with Crippen molar-refractivity contribution < 1.29 is 19.4 Å². The van der Waals surface area contributed by atoms with Crippen LogP contribution >= 0.6 is 0 Å². The highest BCUT2D eigenvalue weighted by Gasteiger charge is 2.32. The summed E-state index contributed by atoms with van der Waals surface area (Å²) in [7, 11) is 1.37. The molecule has 6 nitrogen and oxygen atoms in total. The highest BCUT2D eigenvalue weighted by atomic mass is 16.5. The molecular weight excluding hydrogens is 488 g/mol. The van der Waals surface area contributed by atoms with Crippen molar-refractivity contribution in [2.75, 3.05) is 7.11 Å². The molecule has 5 rings (SSSR count). The smallest absolute Gasteiger partial charge is 0.323 e. The van der Waals surface area contributed by atoms with Gasteiger partial charge in [0.05, 0.1) is 18.7 Å². The third-order valence-corrected chi connectivity index (χ3v) is 7.32. The number of phenolic OH excluding ortho intramolecular Hbond substituents is 1. The van der Waals surface area contributed by atoms with E-state index in [0.29, 0.717) is 30.8 Å². The van der Waals surface area contributed by atoms with Gasteiger partial charge >= 0.3 is 5.97 Å². The highest BCUT2D eigenvalue weighted by Crippen LogP contribution is 2.38. The van der Waals surface area contributed by atoms with Gasteiger partial charge in [0.1, 0.15) is 12.6 Å². The second-order valence-electron chi connectivity index (χ2n) is 9.78. The van der Waals surface area contributed by atoms with E-state index in [1.165, 1.54) is 7.11 Å². The molecule has 2 atom stereocenters. The molecule has 0 fully saturated rings. The minimum atomic E-state index is -0.541. The molecule has 4 aromatic rings. The first-order chi connectivity index (χ1) is 19.0. The van der Waals surface area contributed by atoms with Crippen molar-refractivity contribution in [2.24, 2.45) is 0 Å². The van der Waals surface area contributed by atoms with Crippen LogP contribution in [-0.4, -0.2) is 24.2 Å². The number of methoxy groups -OCH3 is 1. The lowest BCUT2D eigenvalue weighted by Crippen LogP contribution is -2.45. The Morgan fingerprint density at radius 2 is 1.85 bits per heavy atom. The fourth-order valence-corrected chi connectivity index (χ4v) is 5.25. The molecule has 1 heterocycles. The van der Waals surface area contributed by atoms with E-state index in [-0.39, 0.29) is 17.8 Å². The lowest BCUT2D eigenvalue weighted by atomic mass is 9.86. The zero-order chi connectivity index (χ0) is 27.4. The molecule has 196 valence electrons. The van der Waals surface area contributed by atoms with Crippen LogP contribution < -0.4 is 10.1 Å². The summed E-state index contributed by atoms with van der Waals surface area (Å²) in [6.45, 7) is 2.38. The average Bonchev–Trinajstić information content (AvgIpc) is 2.96. The van der Waals surface area contributed by atoms with Gasteiger partial charge in [0.25, 0.3) is 0 Å². The van der Waals surface area contributed by atoms with Crippen LogP contribution in [0.25, 0.3) is 11.1 Å². The normalized spacial score (nSPS) is 16.1. The SMILES string of the molecule is COC(=O)[C@@H]1Cc2cc(O)c(OCc3cccc(-c4ccccc4)c3C)cc2[C@@H](Cc2cccc(C#N)c2)N1. The van der Waals surface area contributed by atoms with Crippen molar-refractivity contribution in [3.63, 3.8) is 0 Å². The molecule has 6 heteroatoms. The molecule has 0 radical (unpaired) electrons. The first-order valence-corrected chi connectivity index (χ1v) is 12.9. The van der Waals surface area contributed by atoms with Crippen molar-refractivity contribution in [2.45, 2.75) is 38.5 Å². The molecule has 1 aliphatic rings. The number of fused-ring (bicyclic) bond motifs is 1. The van der Waals surface area contributed by atoms with Crippen LogP contribution in [0.15, 0.2) is 84.9 Å². The molecule has 0 unspecified atom stereocenters. The lowest BCUT2D eigenvalue weighted by molar-refractivity contribution is -0.143. The zero-order valence-electron chi connectivity index (χ0n) is 22.0. The molecule has 39 heavy (non-hydrogen) atoms. The van der Waals surface area contributed by atoms with Crippen LogP contribution in [0.5, 0.6) is 11.5 Å². The van der Waals surface area contributed by atoms with Gasteiger partial charge < -0.3 is 14.6 Å². The number of esters is 1. The maximum Gasteiger partial charge on any atom is 0.323 e. The van der Waals surface area contributed by atoms with Crippen LogP contribution in [0.2, 0.25) is 0 Å². The van der Waals surface area contributed by atoms with Gasteiger partial charge in [-0.2, -0.15) is 5.26 Å². The van der Waals surface area contributed by atoms with E-state index >= 15 is 0 Å². The molecule has 0 bridgehead atoms. The Morgan fingerprint density at radius 1 is 1.05 bits per heavy atom. The van der Waals surface area contributed by atoms with Gasteiger partial charge in [-0.1, -0.05) is 60.7 Å². The largest absolute Gasteiger partial charge is 0.504 e. The third-order valence-electron chi connectivity index (χ3n) is 7.32. The Hall–Kier alpha value is -4.60. The molecule has 0 spiro atoms. The standard InChI is InChI=1S/C33H30N2O4/c1-21-25(12-7-13-27(21)24-10-4-3-5-11-24)20-39-32-18-28-26(17-31(32)36)16-30(33(37)38-2)35-29(28)15-22-8-6-9-23(14-22)19-34/h3-14,17-18,29-30,35-36H,15-16,20H2,1-2H3/t29-,30+/m1/s1. The van der Waals surface area contributed by atoms with Crippen molar-refractivity contribution >= 4 is 5.97 Å². The molecule has 0 saturated heterocycles. The number of carbonyl (C=O) groups excluding carboxylic acids is 1. The Balaban J connectivity index is 1.43. The summed E-state index contributed by atoms with van der Waals surface area (Å²) >= 11 is 0. The van der Waals surface area contributed by atoms with Gasteiger partial charge in [-0.05, 0) is 83.0 Å². The van der Waals surface area contributed by atoms with Gasteiger partial charge in [0.2, 0.25) is 0 Å². The number of carbonyl (C=O) groups is 1. The number of nitrogens with zero attached hydrogens (tertiary/aromatic N) is 1. The quantitative estimate of drug-likeness (QED) is 0.301. The number of ether oxygens (including phenoxy) is 2. The van der Waals surface area contributed by atoms with E-state index in [1.807, 2.05) is 54.6 Å². The van der Waals surface area contributed by atoms with Crippen molar-refractivity contribution in [1.29, 1.82) is 5.26 Å². The Labute approximate surface area is 228 Å². The fraction of sp³-hybridized carbons (Fsp3) is 0.212. The van der Waals surface area contributed by atoms with Gasteiger partial charge in [-0.15, -0.1) is 0 Å². The molecule has 0 aromatic heterocycles. The molecule has 0 saturated carbocycles. The van der Waals surface area contributed by atoms with Crippen LogP contribution in [0.3, 0.4) is 0 Å². The fourth-order valence-electron chi connectivity index (χ4n) is 5.25. The summed E-state index contributed by atoms with van der Waals surface area (Å²) in [6.07, 6.45) is 0.946. The van der Waals surface area contributed by atoms with Gasteiger partial charge in [-0.3, -0.25) is 10.1 Å². The molecular formula is C33H30N2O4. The summed E-state index contributed by atoms with van der Waals surface area (Å²) in [4.78, 5) is 12.4. The highest BCUT2D eigenvalue weighted by molar-refractivity contribution is 5.77. The number of nitriles is 1. The Morgan fingerprint density at radius 3 is 2.62 bits per heavy atom. The Kier molecular flexibility index (Phi) is 7.62. The molecule has 4 aromatic carbocycles. The lowest BCUT2D eigenvalue weighted by Gasteiger charge is -2.32. The van der Waals surface area contributed by atoms with Gasteiger partial charge in [0.15, 0.2) is 11.5 Å². The number of hydrogen-bond donors (Lipinski definition) is 2. The topological polar surface area (TPSA) is 91.6 Å². The van der Waals surface area contributed by atoms with Gasteiger partial charge in [0, 0.05) is 6.04 Å². The monoisotopic (exact) mass is 518 g/mol. The number of hydrogen-bond acceptors (Lipinski definition) is 6. The first kappa shape index (κ1) is 26.0. The molecule has 2 N–H and O–H groups in total. The number of rotatable bonds is 7. The summed E-state index contributed by atoms with van der Waals surface area (Å²) in [5.74, 6) is 0.0544. The minimum absolute atomic E-state index is 0.0290.